The van der Waals surface area contributed by atoms with Crippen LogP contribution < -0.4 is 10.6 Å². The summed E-state index contributed by atoms with van der Waals surface area (Å²) in [5.41, 5.74) is 7.10. The lowest BCUT2D eigenvalue weighted by Crippen LogP contribution is -2.59. The van der Waals surface area contributed by atoms with Gasteiger partial charge < -0.3 is 9.64 Å². The first kappa shape index (κ1) is 20.8. The van der Waals surface area contributed by atoms with E-state index in [9.17, 15) is 9.59 Å². The molecule has 0 radical (unpaired) electrons. The van der Waals surface area contributed by atoms with E-state index in [1.165, 1.54) is 4.90 Å². The van der Waals surface area contributed by atoms with Gasteiger partial charge in [-0.2, -0.15) is 0 Å². The number of amides is 1. The maximum Gasteiger partial charge on any atom is 0.359 e. The van der Waals surface area contributed by atoms with E-state index in [1.54, 1.807) is 25.2 Å². The van der Waals surface area contributed by atoms with Crippen molar-refractivity contribution in [1.82, 2.24) is 0 Å². The summed E-state index contributed by atoms with van der Waals surface area (Å²) >= 11 is 6.24. The fourth-order valence-electron chi connectivity index (χ4n) is 3.42. The average molecular weight is 434 g/mol. The normalized spacial score (nSPS) is 18.1. The van der Waals surface area contributed by atoms with Gasteiger partial charge in [-0.15, -0.1) is 0 Å². The second kappa shape index (κ2) is 8.34. The Hall–Kier alpha value is -3.48. The van der Waals surface area contributed by atoms with Crippen LogP contribution in [0.1, 0.15) is 16.7 Å². The van der Waals surface area contributed by atoms with Crippen LogP contribution >= 0.6 is 11.6 Å². The highest BCUT2D eigenvalue weighted by Crippen LogP contribution is 2.32. The van der Waals surface area contributed by atoms with E-state index < -0.39 is 17.5 Å². The van der Waals surface area contributed by atoms with Crippen LogP contribution in [0.15, 0.2) is 83.9 Å². The number of esters is 1. The van der Waals surface area contributed by atoms with Gasteiger partial charge in [0.05, 0.1) is 11.4 Å². The van der Waals surface area contributed by atoms with E-state index in [-0.39, 0.29) is 6.61 Å². The highest BCUT2D eigenvalue weighted by atomic mass is 35.5. The molecule has 1 unspecified atom stereocenters. The van der Waals surface area contributed by atoms with Gasteiger partial charge in [0.15, 0.2) is 0 Å². The van der Waals surface area contributed by atoms with Crippen LogP contribution in [0.5, 0.6) is 0 Å². The SMILES string of the molecule is CN1C(=O)C(N)(C(=O)OCc2ccccc2)N=C(c2ccccc2)c2cc(Cl)ccc21. The standard InChI is InChI=1S/C24H20ClN3O3/c1-28-20-13-12-18(25)14-19(20)21(17-10-6-3-7-11-17)27-24(26,22(28)29)23(30)31-15-16-8-4-2-5-9-16/h2-14H,15,26H2,1H3. The summed E-state index contributed by atoms with van der Waals surface area (Å²) in [4.78, 5) is 32.2. The highest BCUT2D eigenvalue weighted by Gasteiger charge is 2.48. The van der Waals surface area contributed by atoms with Gasteiger partial charge in [0, 0.05) is 23.2 Å². The number of benzene rings is 3. The van der Waals surface area contributed by atoms with Crippen molar-refractivity contribution in [1.29, 1.82) is 0 Å². The summed E-state index contributed by atoms with van der Waals surface area (Å²) < 4.78 is 5.41. The first-order valence-electron chi connectivity index (χ1n) is 9.63. The van der Waals surface area contributed by atoms with E-state index in [4.69, 9.17) is 22.1 Å². The van der Waals surface area contributed by atoms with Gasteiger partial charge in [0.2, 0.25) is 0 Å². The molecular weight excluding hydrogens is 414 g/mol. The summed E-state index contributed by atoms with van der Waals surface area (Å²) in [7, 11) is 1.55. The van der Waals surface area contributed by atoms with Gasteiger partial charge in [-0.05, 0) is 23.8 Å². The number of hydrogen-bond acceptors (Lipinski definition) is 5. The Labute approximate surface area is 184 Å². The maximum absolute atomic E-state index is 13.3. The van der Waals surface area contributed by atoms with Gasteiger partial charge in [-0.1, -0.05) is 72.3 Å². The van der Waals surface area contributed by atoms with Gasteiger partial charge in [0.1, 0.15) is 6.61 Å². The number of carbonyl (C=O) groups is 2. The zero-order valence-corrected chi connectivity index (χ0v) is 17.5. The first-order chi connectivity index (χ1) is 14.9. The molecule has 0 aliphatic carbocycles. The lowest BCUT2D eigenvalue weighted by molar-refractivity contribution is -0.154. The lowest BCUT2D eigenvalue weighted by atomic mass is 10.0. The van der Waals surface area contributed by atoms with Crippen molar-refractivity contribution in [2.24, 2.45) is 10.7 Å². The van der Waals surface area contributed by atoms with Crippen LogP contribution in [-0.4, -0.2) is 30.3 Å². The molecule has 1 aliphatic heterocycles. The van der Waals surface area contributed by atoms with E-state index in [0.29, 0.717) is 27.5 Å². The minimum Gasteiger partial charge on any atom is -0.458 e. The lowest BCUT2D eigenvalue weighted by Gasteiger charge is -2.25. The average Bonchev–Trinajstić information content (AvgIpc) is 2.88. The Morgan fingerprint density at radius 2 is 1.71 bits per heavy atom. The fourth-order valence-corrected chi connectivity index (χ4v) is 3.59. The van der Waals surface area contributed by atoms with Crippen molar-refractivity contribution in [2.75, 3.05) is 11.9 Å². The molecule has 31 heavy (non-hydrogen) atoms. The second-order valence-corrected chi connectivity index (χ2v) is 7.62. The zero-order chi connectivity index (χ0) is 22.0. The largest absolute Gasteiger partial charge is 0.458 e. The molecule has 4 rings (SSSR count). The summed E-state index contributed by atoms with van der Waals surface area (Å²) in [6.07, 6.45) is 0. The number of nitrogens with zero attached hydrogens (tertiary/aromatic N) is 2. The molecule has 156 valence electrons. The number of nitrogens with two attached hydrogens (primary N) is 1. The highest BCUT2D eigenvalue weighted by molar-refractivity contribution is 6.32. The molecule has 0 saturated heterocycles. The Morgan fingerprint density at radius 3 is 2.39 bits per heavy atom. The van der Waals surface area contributed by atoms with Crippen molar-refractivity contribution in [3.05, 3.63) is 101 Å². The minimum atomic E-state index is -2.25. The zero-order valence-electron chi connectivity index (χ0n) is 16.8. The fraction of sp³-hybridized carbons (Fsp3) is 0.125. The molecule has 1 heterocycles. The van der Waals surface area contributed by atoms with Crippen LogP contribution in [0, 0.1) is 0 Å². The van der Waals surface area contributed by atoms with Gasteiger partial charge in [-0.3, -0.25) is 10.5 Å². The molecule has 0 bridgehead atoms. The third-order valence-corrected chi connectivity index (χ3v) is 5.30. The topological polar surface area (TPSA) is 85.0 Å². The number of likely N-dealkylation sites (N-methyl/N-ethyl adjacent to an activating group) is 1. The number of halogens is 1. The predicted molar refractivity (Wildman–Crippen MR) is 120 cm³/mol. The number of carbonyl (C=O) groups excluding carboxylic acids is 2. The Bertz CT molecular complexity index is 1170. The van der Waals surface area contributed by atoms with Gasteiger partial charge >= 0.3 is 5.97 Å². The monoisotopic (exact) mass is 433 g/mol. The Kier molecular flexibility index (Phi) is 5.59. The summed E-state index contributed by atoms with van der Waals surface area (Å²) in [5.74, 6) is -1.62. The molecule has 1 atom stereocenters. The summed E-state index contributed by atoms with van der Waals surface area (Å²) in [6.45, 7) is -0.0232. The molecule has 1 aliphatic rings. The molecule has 0 fully saturated rings. The third-order valence-electron chi connectivity index (χ3n) is 5.07. The number of aliphatic imine (C=N–C) groups is 1. The number of anilines is 1. The van der Waals surface area contributed by atoms with Crippen molar-refractivity contribution in [2.45, 2.75) is 12.3 Å². The molecule has 1 amide bonds. The smallest absolute Gasteiger partial charge is 0.359 e. The molecule has 0 spiro atoms. The first-order valence-corrected chi connectivity index (χ1v) is 10.0. The Morgan fingerprint density at radius 1 is 1.06 bits per heavy atom. The third kappa shape index (κ3) is 3.95. The molecule has 0 aromatic heterocycles. The number of rotatable bonds is 4. The van der Waals surface area contributed by atoms with E-state index in [1.807, 2.05) is 60.7 Å². The van der Waals surface area contributed by atoms with Crippen LogP contribution in [0.25, 0.3) is 0 Å². The van der Waals surface area contributed by atoms with Crippen molar-refractivity contribution >= 4 is 34.9 Å². The number of hydrogen-bond donors (Lipinski definition) is 1. The summed E-state index contributed by atoms with van der Waals surface area (Å²) in [6, 6.07) is 23.4. The second-order valence-electron chi connectivity index (χ2n) is 7.18. The molecule has 7 heteroatoms. The van der Waals surface area contributed by atoms with Gasteiger partial charge in [0.25, 0.3) is 11.6 Å². The van der Waals surface area contributed by atoms with Gasteiger partial charge in [-0.25, -0.2) is 9.79 Å². The van der Waals surface area contributed by atoms with E-state index in [2.05, 4.69) is 4.99 Å². The van der Waals surface area contributed by atoms with Crippen LogP contribution in [0.3, 0.4) is 0 Å². The van der Waals surface area contributed by atoms with Crippen LogP contribution in [-0.2, 0) is 20.9 Å². The predicted octanol–water partition coefficient (Wildman–Crippen LogP) is 3.55. The van der Waals surface area contributed by atoms with Crippen LogP contribution in [0.4, 0.5) is 5.69 Å². The Balaban J connectivity index is 1.81. The molecular formula is C24H20ClN3O3. The molecule has 3 aromatic carbocycles. The van der Waals surface area contributed by atoms with Crippen LogP contribution in [0.2, 0.25) is 5.02 Å². The number of benzodiazepines with no additional fused rings is 1. The molecule has 6 nitrogen and oxygen atoms in total. The van der Waals surface area contributed by atoms with Crippen molar-refractivity contribution in [3.8, 4) is 0 Å². The number of fused-ring (bicyclic) bond motifs is 1. The number of ether oxygens (including phenoxy) is 1. The molecule has 0 saturated carbocycles. The van der Waals surface area contributed by atoms with Crippen molar-refractivity contribution in [3.63, 3.8) is 0 Å². The maximum atomic E-state index is 13.3. The quantitative estimate of drug-likeness (QED) is 0.503. The van der Waals surface area contributed by atoms with E-state index in [0.717, 1.165) is 5.56 Å². The molecule has 2 N–H and O–H groups in total. The minimum absolute atomic E-state index is 0.0232. The van der Waals surface area contributed by atoms with E-state index >= 15 is 0 Å². The summed E-state index contributed by atoms with van der Waals surface area (Å²) in [5, 5.41) is 0.472. The van der Waals surface area contributed by atoms with Crippen molar-refractivity contribution < 1.29 is 14.3 Å². The molecule has 3 aromatic rings.